The first kappa shape index (κ1) is 15.1. The van der Waals surface area contributed by atoms with Crippen LogP contribution in [0.3, 0.4) is 0 Å². The Morgan fingerprint density at radius 2 is 2.19 bits per heavy atom. The molecular formula is C15H17NO5. The molecule has 2 aromatic rings. The van der Waals surface area contributed by atoms with Crippen molar-refractivity contribution >= 4 is 22.8 Å². The lowest BCUT2D eigenvalue weighted by atomic mass is 10.1. The van der Waals surface area contributed by atoms with Gasteiger partial charge in [0.1, 0.15) is 11.8 Å². The first-order valence-electron chi connectivity index (χ1n) is 6.59. The number of rotatable bonds is 6. The monoisotopic (exact) mass is 291 g/mol. The van der Waals surface area contributed by atoms with Crippen LogP contribution in [-0.4, -0.2) is 36.7 Å². The highest BCUT2D eigenvalue weighted by molar-refractivity contribution is 6.07. The van der Waals surface area contributed by atoms with E-state index in [1.807, 2.05) is 19.1 Å². The van der Waals surface area contributed by atoms with E-state index in [0.717, 1.165) is 12.0 Å². The molecule has 2 N–H and O–H groups in total. The van der Waals surface area contributed by atoms with Crippen LogP contribution < -0.4 is 5.32 Å². The van der Waals surface area contributed by atoms with Crippen molar-refractivity contribution in [1.29, 1.82) is 0 Å². The number of ether oxygens (including phenoxy) is 1. The van der Waals surface area contributed by atoms with Crippen LogP contribution in [-0.2, 0) is 16.0 Å². The van der Waals surface area contributed by atoms with Gasteiger partial charge in [0, 0.05) is 12.5 Å². The van der Waals surface area contributed by atoms with Gasteiger partial charge in [0.05, 0.1) is 12.2 Å². The number of hydrogen-bond acceptors (Lipinski definition) is 4. The Kier molecular flexibility index (Phi) is 4.59. The normalized spacial score (nSPS) is 12.3. The van der Waals surface area contributed by atoms with Gasteiger partial charge in [-0.1, -0.05) is 13.0 Å². The third-order valence-corrected chi connectivity index (χ3v) is 3.23. The fraction of sp³-hybridized carbons (Fsp3) is 0.333. The molecule has 1 aromatic heterocycles. The Labute approximate surface area is 121 Å². The standard InChI is InChI=1S/C15H17NO5/c1-3-9-4-5-13-10(6-9)11(7-21-13)14(17)16-12(8-20-2)15(18)19/h4-7,12H,3,8H2,1-2H3,(H,16,17)(H,18,19). The fourth-order valence-corrected chi connectivity index (χ4v) is 2.05. The molecule has 6 heteroatoms. The van der Waals surface area contributed by atoms with Crippen molar-refractivity contribution in [3.63, 3.8) is 0 Å². The number of furan rings is 1. The summed E-state index contributed by atoms with van der Waals surface area (Å²) in [4.78, 5) is 23.3. The van der Waals surface area contributed by atoms with Crippen molar-refractivity contribution in [2.24, 2.45) is 0 Å². The van der Waals surface area contributed by atoms with Gasteiger partial charge in [-0.2, -0.15) is 0 Å². The molecule has 21 heavy (non-hydrogen) atoms. The molecule has 0 bridgehead atoms. The molecule has 112 valence electrons. The summed E-state index contributed by atoms with van der Waals surface area (Å²) >= 11 is 0. The molecule has 0 aliphatic rings. The number of aryl methyl sites for hydroxylation is 1. The number of nitrogens with one attached hydrogen (secondary N) is 1. The molecule has 6 nitrogen and oxygen atoms in total. The smallest absolute Gasteiger partial charge is 0.328 e. The number of fused-ring (bicyclic) bond motifs is 1. The van der Waals surface area contributed by atoms with Crippen LogP contribution in [0.4, 0.5) is 0 Å². The highest BCUT2D eigenvalue weighted by Crippen LogP contribution is 2.23. The Bertz CT molecular complexity index is 661. The number of hydrogen-bond donors (Lipinski definition) is 2. The van der Waals surface area contributed by atoms with Gasteiger partial charge in [0.15, 0.2) is 6.04 Å². The van der Waals surface area contributed by atoms with Gasteiger partial charge in [-0.15, -0.1) is 0 Å². The molecule has 0 fully saturated rings. The summed E-state index contributed by atoms with van der Waals surface area (Å²) in [5.41, 5.74) is 1.99. The second kappa shape index (κ2) is 6.41. The molecule has 0 radical (unpaired) electrons. The van der Waals surface area contributed by atoms with Crippen molar-refractivity contribution < 1.29 is 23.8 Å². The number of carbonyl (C=O) groups is 2. The maximum atomic E-state index is 12.2. The molecule has 0 saturated carbocycles. The van der Waals surface area contributed by atoms with E-state index in [0.29, 0.717) is 16.5 Å². The molecule has 2 rings (SSSR count). The van der Waals surface area contributed by atoms with Crippen molar-refractivity contribution in [3.05, 3.63) is 35.6 Å². The van der Waals surface area contributed by atoms with E-state index in [1.54, 1.807) is 6.07 Å². The first-order valence-corrected chi connectivity index (χ1v) is 6.59. The van der Waals surface area contributed by atoms with Crippen LogP contribution in [0.5, 0.6) is 0 Å². The molecule has 0 aliphatic carbocycles. The number of carboxylic acids is 1. The van der Waals surface area contributed by atoms with Crippen LogP contribution in [0, 0.1) is 0 Å². The number of carbonyl (C=O) groups excluding carboxylic acids is 1. The Balaban J connectivity index is 2.28. The summed E-state index contributed by atoms with van der Waals surface area (Å²) in [6.07, 6.45) is 2.18. The van der Waals surface area contributed by atoms with E-state index >= 15 is 0 Å². The lowest BCUT2D eigenvalue weighted by molar-refractivity contribution is -0.140. The zero-order chi connectivity index (χ0) is 15.4. The van der Waals surface area contributed by atoms with Crippen molar-refractivity contribution in [1.82, 2.24) is 5.32 Å². The minimum absolute atomic E-state index is 0.100. The van der Waals surface area contributed by atoms with Crippen LogP contribution in [0.1, 0.15) is 22.8 Å². The molecule has 0 spiro atoms. The van der Waals surface area contributed by atoms with Crippen LogP contribution >= 0.6 is 0 Å². The van der Waals surface area contributed by atoms with Gasteiger partial charge in [-0.25, -0.2) is 4.79 Å². The summed E-state index contributed by atoms with van der Waals surface area (Å²) in [5, 5.41) is 12.1. The zero-order valence-electron chi connectivity index (χ0n) is 11.9. The van der Waals surface area contributed by atoms with E-state index in [4.69, 9.17) is 14.3 Å². The van der Waals surface area contributed by atoms with Gasteiger partial charge in [-0.3, -0.25) is 4.79 Å². The van der Waals surface area contributed by atoms with E-state index in [1.165, 1.54) is 13.4 Å². The lowest BCUT2D eigenvalue weighted by Crippen LogP contribution is -2.43. The molecule has 0 saturated heterocycles. The van der Waals surface area contributed by atoms with Crippen LogP contribution in [0.2, 0.25) is 0 Å². The largest absolute Gasteiger partial charge is 0.480 e. The van der Waals surface area contributed by atoms with Crippen LogP contribution in [0.15, 0.2) is 28.9 Å². The summed E-state index contributed by atoms with van der Waals surface area (Å²) in [5.74, 6) is -1.64. The van der Waals surface area contributed by atoms with Gasteiger partial charge < -0.3 is 19.6 Å². The number of aliphatic carboxylic acids is 1. The van der Waals surface area contributed by atoms with Gasteiger partial charge in [0.25, 0.3) is 5.91 Å². The molecule has 1 unspecified atom stereocenters. The third kappa shape index (κ3) is 3.22. The first-order chi connectivity index (χ1) is 10.1. The summed E-state index contributed by atoms with van der Waals surface area (Å²) in [6, 6.07) is 4.51. The second-order valence-electron chi connectivity index (χ2n) is 4.65. The SMILES string of the molecule is CCc1ccc2occ(C(=O)NC(COC)C(=O)O)c2c1. The lowest BCUT2D eigenvalue weighted by Gasteiger charge is -2.12. The van der Waals surface area contributed by atoms with E-state index in [2.05, 4.69) is 5.32 Å². The quantitative estimate of drug-likeness (QED) is 0.847. The predicted octanol–water partition coefficient (Wildman–Crippen LogP) is 1.82. The maximum absolute atomic E-state index is 12.2. The number of carboxylic acid groups (broad SMARTS) is 1. The maximum Gasteiger partial charge on any atom is 0.328 e. The van der Waals surface area contributed by atoms with E-state index < -0.39 is 17.9 Å². The molecular weight excluding hydrogens is 274 g/mol. The average Bonchev–Trinajstić information content (AvgIpc) is 2.89. The van der Waals surface area contributed by atoms with E-state index in [-0.39, 0.29) is 6.61 Å². The fourth-order valence-electron chi connectivity index (χ4n) is 2.05. The van der Waals surface area contributed by atoms with Gasteiger partial charge >= 0.3 is 5.97 Å². The Hall–Kier alpha value is -2.34. The number of methoxy groups -OCH3 is 1. The number of amides is 1. The highest BCUT2D eigenvalue weighted by atomic mass is 16.5. The van der Waals surface area contributed by atoms with Crippen molar-refractivity contribution in [3.8, 4) is 0 Å². The highest BCUT2D eigenvalue weighted by Gasteiger charge is 2.22. The summed E-state index contributed by atoms with van der Waals surface area (Å²) in [6.45, 7) is 1.91. The molecule has 0 aliphatic heterocycles. The van der Waals surface area contributed by atoms with Gasteiger partial charge in [-0.05, 0) is 24.1 Å². The van der Waals surface area contributed by atoms with Gasteiger partial charge in [0.2, 0.25) is 0 Å². The molecule has 1 amide bonds. The topological polar surface area (TPSA) is 88.8 Å². The van der Waals surface area contributed by atoms with Crippen molar-refractivity contribution in [2.45, 2.75) is 19.4 Å². The van der Waals surface area contributed by atoms with Crippen LogP contribution in [0.25, 0.3) is 11.0 Å². The number of benzene rings is 1. The molecule has 1 aromatic carbocycles. The Morgan fingerprint density at radius 3 is 2.81 bits per heavy atom. The zero-order valence-corrected chi connectivity index (χ0v) is 11.9. The average molecular weight is 291 g/mol. The minimum atomic E-state index is -1.15. The molecule has 1 heterocycles. The molecule has 1 atom stereocenters. The van der Waals surface area contributed by atoms with Crippen molar-refractivity contribution in [2.75, 3.05) is 13.7 Å². The second-order valence-corrected chi connectivity index (χ2v) is 4.65. The third-order valence-electron chi connectivity index (χ3n) is 3.23. The summed E-state index contributed by atoms with van der Waals surface area (Å²) in [7, 11) is 1.38. The predicted molar refractivity (Wildman–Crippen MR) is 76.4 cm³/mol. The van der Waals surface area contributed by atoms with E-state index in [9.17, 15) is 9.59 Å². The Morgan fingerprint density at radius 1 is 1.43 bits per heavy atom. The summed E-state index contributed by atoms with van der Waals surface area (Å²) < 4.78 is 10.1. The minimum Gasteiger partial charge on any atom is -0.480 e.